The maximum atomic E-state index is 11.4. The number of aromatic carboxylic acids is 1. The molecule has 0 saturated carbocycles. The lowest BCUT2D eigenvalue weighted by Gasteiger charge is -2.04. The van der Waals surface area contributed by atoms with Crippen molar-refractivity contribution < 1.29 is 19.2 Å². The van der Waals surface area contributed by atoms with Crippen molar-refractivity contribution in [3.8, 4) is 28.3 Å². The van der Waals surface area contributed by atoms with Crippen LogP contribution in [0.5, 0.6) is 5.75 Å². The second-order valence-corrected chi connectivity index (χ2v) is 5.06. The number of benzene rings is 2. The minimum Gasteiger partial charge on any atom is -0.497 e. The van der Waals surface area contributed by atoms with Crippen LogP contribution in [-0.2, 0) is 0 Å². The van der Waals surface area contributed by atoms with Gasteiger partial charge in [0.1, 0.15) is 11.4 Å². The normalized spacial score (nSPS) is 10.5. The molecule has 1 N–H and O–H groups in total. The molecule has 3 aromatic rings. The lowest BCUT2D eigenvalue weighted by atomic mass is 10.00. The predicted octanol–water partition coefficient (Wildman–Crippen LogP) is 4.02. The molecule has 0 saturated heterocycles. The Labute approximate surface area is 133 Å². The van der Waals surface area contributed by atoms with Crippen molar-refractivity contribution in [3.05, 3.63) is 59.7 Å². The Hall–Kier alpha value is -3.08. The number of carboxylic acid groups (broad SMARTS) is 1. The van der Waals surface area contributed by atoms with Crippen molar-refractivity contribution in [2.75, 3.05) is 7.11 Å². The summed E-state index contributed by atoms with van der Waals surface area (Å²) < 4.78 is 10.6. The minimum atomic E-state index is -0.998. The fourth-order valence-electron chi connectivity index (χ4n) is 2.47. The lowest BCUT2D eigenvalue weighted by Crippen LogP contribution is -1.99. The molecule has 3 rings (SSSR count). The molecule has 0 radical (unpaired) electrons. The molecule has 0 spiro atoms. The molecule has 0 bridgehead atoms. The van der Waals surface area contributed by atoms with Gasteiger partial charge in [0.05, 0.1) is 12.7 Å². The highest BCUT2D eigenvalue weighted by molar-refractivity contribution is 5.96. The van der Waals surface area contributed by atoms with Crippen LogP contribution in [0.25, 0.3) is 22.6 Å². The molecule has 2 aromatic carbocycles. The van der Waals surface area contributed by atoms with E-state index in [9.17, 15) is 9.90 Å². The first-order chi connectivity index (χ1) is 11.1. The second kappa shape index (κ2) is 5.96. The highest BCUT2D eigenvalue weighted by Gasteiger charge is 2.20. The number of ether oxygens (including phenoxy) is 1. The molecule has 0 atom stereocenters. The number of hydrogen-bond acceptors (Lipinski definition) is 4. The number of nitrogens with zero attached hydrogens (tertiary/aromatic N) is 1. The maximum absolute atomic E-state index is 11.4. The van der Waals surface area contributed by atoms with E-state index in [-0.39, 0.29) is 5.56 Å². The van der Waals surface area contributed by atoms with Gasteiger partial charge in [-0.3, -0.25) is 0 Å². The van der Waals surface area contributed by atoms with Gasteiger partial charge >= 0.3 is 5.97 Å². The van der Waals surface area contributed by atoms with Gasteiger partial charge < -0.3 is 14.4 Å². The standard InChI is InChI=1S/C18H15NO4/c1-11-16(12-7-9-13(22-2)10-8-12)19-23-17(11)14-5-3-4-6-15(14)18(20)21/h3-10H,1-2H3,(H,20,21). The summed E-state index contributed by atoms with van der Waals surface area (Å²) in [5.74, 6) is 0.225. The topological polar surface area (TPSA) is 72.6 Å². The van der Waals surface area contributed by atoms with Gasteiger partial charge in [-0.1, -0.05) is 23.4 Å². The number of carbonyl (C=O) groups is 1. The Balaban J connectivity index is 2.07. The number of rotatable bonds is 4. The fourth-order valence-corrected chi connectivity index (χ4v) is 2.47. The summed E-state index contributed by atoms with van der Waals surface area (Å²) in [4.78, 5) is 11.4. The Bertz CT molecular complexity index is 850. The molecule has 0 fully saturated rings. The van der Waals surface area contributed by atoms with E-state index in [1.807, 2.05) is 31.2 Å². The number of carboxylic acids is 1. The van der Waals surface area contributed by atoms with E-state index in [0.717, 1.165) is 16.9 Å². The summed E-state index contributed by atoms with van der Waals surface area (Å²) in [6.45, 7) is 1.87. The van der Waals surface area contributed by atoms with Crippen molar-refractivity contribution >= 4 is 5.97 Å². The first kappa shape index (κ1) is 14.8. The van der Waals surface area contributed by atoms with E-state index in [0.29, 0.717) is 17.0 Å². The average Bonchev–Trinajstić information content (AvgIpc) is 2.96. The van der Waals surface area contributed by atoms with Crippen LogP contribution in [0, 0.1) is 6.92 Å². The van der Waals surface area contributed by atoms with Crippen molar-refractivity contribution in [2.24, 2.45) is 0 Å². The van der Waals surface area contributed by atoms with Gasteiger partial charge in [0.15, 0.2) is 5.76 Å². The third-order valence-corrected chi connectivity index (χ3v) is 3.69. The van der Waals surface area contributed by atoms with Gasteiger partial charge in [-0.2, -0.15) is 0 Å². The van der Waals surface area contributed by atoms with E-state index in [4.69, 9.17) is 9.26 Å². The van der Waals surface area contributed by atoms with E-state index < -0.39 is 5.97 Å². The van der Waals surface area contributed by atoms with Crippen LogP contribution < -0.4 is 4.74 Å². The van der Waals surface area contributed by atoms with Gasteiger partial charge in [0, 0.05) is 16.7 Å². The van der Waals surface area contributed by atoms with E-state index in [2.05, 4.69) is 5.16 Å². The molecular weight excluding hydrogens is 294 g/mol. The first-order valence-corrected chi connectivity index (χ1v) is 7.05. The first-order valence-electron chi connectivity index (χ1n) is 7.05. The molecule has 1 heterocycles. The zero-order valence-electron chi connectivity index (χ0n) is 12.7. The molecule has 0 unspecified atom stereocenters. The van der Waals surface area contributed by atoms with Gasteiger partial charge in [-0.05, 0) is 37.3 Å². The van der Waals surface area contributed by atoms with E-state index in [1.54, 1.807) is 31.4 Å². The van der Waals surface area contributed by atoms with Crippen LogP contribution in [-0.4, -0.2) is 23.3 Å². The van der Waals surface area contributed by atoms with Crippen LogP contribution >= 0.6 is 0 Å². The van der Waals surface area contributed by atoms with Crippen molar-refractivity contribution in [1.29, 1.82) is 0 Å². The van der Waals surface area contributed by atoms with Gasteiger partial charge in [-0.25, -0.2) is 4.79 Å². The smallest absolute Gasteiger partial charge is 0.336 e. The van der Waals surface area contributed by atoms with Crippen molar-refractivity contribution in [2.45, 2.75) is 6.92 Å². The number of aromatic nitrogens is 1. The molecule has 116 valence electrons. The molecule has 1 aromatic heterocycles. The van der Waals surface area contributed by atoms with Crippen molar-refractivity contribution in [1.82, 2.24) is 5.16 Å². The van der Waals surface area contributed by atoms with E-state index in [1.165, 1.54) is 0 Å². The summed E-state index contributed by atoms with van der Waals surface area (Å²) in [5.41, 5.74) is 3.07. The summed E-state index contributed by atoms with van der Waals surface area (Å²) >= 11 is 0. The monoisotopic (exact) mass is 309 g/mol. The largest absolute Gasteiger partial charge is 0.497 e. The van der Waals surface area contributed by atoms with E-state index >= 15 is 0 Å². The zero-order chi connectivity index (χ0) is 16.4. The third kappa shape index (κ3) is 2.68. The quantitative estimate of drug-likeness (QED) is 0.788. The molecule has 5 heteroatoms. The highest BCUT2D eigenvalue weighted by Crippen LogP contribution is 2.33. The highest BCUT2D eigenvalue weighted by atomic mass is 16.5. The van der Waals surface area contributed by atoms with Gasteiger partial charge in [0.2, 0.25) is 0 Å². The molecule has 0 aliphatic rings. The van der Waals surface area contributed by atoms with Crippen LogP contribution in [0.15, 0.2) is 53.1 Å². The Morgan fingerprint density at radius 2 is 1.83 bits per heavy atom. The minimum absolute atomic E-state index is 0.188. The van der Waals surface area contributed by atoms with Gasteiger partial charge in [-0.15, -0.1) is 0 Å². The Kier molecular flexibility index (Phi) is 3.85. The SMILES string of the molecule is COc1ccc(-c2noc(-c3ccccc3C(=O)O)c2C)cc1. The predicted molar refractivity (Wildman–Crippen MR) is 85.6 cm³/mol. The summed E-state index contributed by atoms with van der Waals surface area (Å²) in [7, 11) is 1.61. The molecule has 5 nitrogen and oxygen atoms in total. The Morgan fingerprint density at radius 3 is 2.48 bits per heavy atom. The average molecular weight is 309 g/mol. The fraction of sp³-hybridized carbons (Fsp3) is 0.111. The van der Waals surface area contributed by atoms with Crippen LogP contribution in [0.2, 0.25) is 0 Å². The van der Waals surface area contributed by atoms with Crippen molar-refractivity contribution in [3.63, 3.8) is 0 Å². The molecule has 0 amide bonds. The Morgan fingerprint density at radius 1 is 1.13 bits per heavy atom. The van der Waals surface area contributed by atoms with Crippen LogP contribution in [0.1, 0.15) is 15.9 Å². The van der Waals surface area contributed by atoms with Crippen LogP contribution in [0.4, 0.5) is 0 Å². The molecule has 0 aliphatic heterocycles. The number of hydrogen-bond donors (Lipinski definition) is 1. The molecular formula is C18H15NO4. The number of methoxy groups -OCH3 is 1. The summed E-state index contributed by atoms with van der Waals surface area (Å²) in [6, 6.07) is 14.2. The summed E-state index contributed by atoms with van der Waals surface area (Å²) in [5, 5.41) is 13.4. The molecule has 23 heavy (non-hydrogen) atoms. The van der Waals surface area contributed by atoms with Crippen LogP contribution in [0.3, 0.4) is 0 Å². The lowest BCUT2D eigenvalue weighted by molar-refractivity contribution is 0.0697. The zero-order valence-corrected chi connectivity index (χ0v) is 12.7. The summed E-state index contributed by atoms with van der Waals surface area (Å²) in [6.07, 6.45) is 0. The third-order valence-electron chi connectivity index (χ3n) is 3.69. The second-order valence-electron chi connectivity index (χ2n) is 5.06. The maximum Gasteiger partial charge on any atom is 0.336 e. The van der Waals surface area contributed by atoms with Gasteiger partial charge in [0.25, 0.3) is 0 Å². The molecule has 0 aliphatic carbocycles.